The number of halogens is 1. The molecule has 0 aliphatic carbocycles. The van der Waals surface area contributed by atoms with Crippen molar-refractivity contribution in [2.75, 3.05) is 14.2 Å². The molecule has 0 unspecified atom stereocenters. The number of hydrogen-bond acceptors (Lipinski definition) is 4. The monoisotopic (exact) mass is 308 g/mol. The molecule has 2 aromatic carbocycles. The number of hydrogen-bond donors (Lipinski definition) is 0. The molecule has 5 heteroatoms. The molecule has 0 saturated heterocycles. The summed E-state index contributed by atoms with van der Waals surface area (Å²) in [6, 6.07) is 13.1. The van der Waals surface area contributed by atoms with Gasteiger partial charge in [0, 0.05) is 9.79 Å². The molecule has 20 heavy (non-hydrogen) atoms. The number of carbonyl (C=O) groups excluding carboxylic acids is 1. The molecule has 0 aromatic heterocycles. The predicted molar refractivity (Wildman–Crippen MR) is 80.3 cm³/mol. The Bertz CT molecular complexity index is 614. The van der Waals surface area contributed by atoms with Crippen LogP contribution in [0.5, 0.6) is 11.5 Å². The normalized spacial score (nSPS) is 10.2. The van der Waals surface area contributed by atoms with Crippen LogP contribution in [-0.2, 0) is 0 Å². The Balaban J connectivity index is 2.47. The van der Waals surface area contributed by atoms with Crippen molar-refractivity contribution in [1.29, 1.82) is 0 Å². The Morgan fingerprint density at radius 1 is 1.05 bits per heavy atom. The van der Waals surface area contributed by atoms with Gasteiger partial charge in [-0.1, -0.05) is 30.0 Å². The number of benzene rings is 2. The minimum Gasteiger partial charge on any atom is -0.493 e. The second kappa shape index (κ2) is 6.68. The van der Waals surface area contributed by atoms with Crippen molar-refractivity contribution in [1.82, 2.24) is 0 Å². The lowest BCUT2D eigenvalue weighted by Gasteiger charge is -2.12. The number of methoxy groups -OCH3 is 2. The first kappa shape index (κ1) is 14.8. The first-order chi connectivity index (χ1) is 9.65. The van der Waals surface area contributed by atoms with Crippen molar-refractivity contribution in [2.45, 2.75) is 9.79 Å². The second-order valence-electron chi connectivity index (χ2n) is 3.89. The van der Waals surface area contributed by atoms with Crippen LogP contribution in [0.4, 0.5) is 0 Å². The van der Waals surface area contributed by atoms with Gasteiger partial charge in [-0.15, -0.1) is 0 Å². The lowest BCUT2D eigenvalue weighted by molar-refractivity contribution is 0.107. The molecule has 3 nitrogen and oxygen atoms in total. The zero-order chi connectivity index (χ0) is 14.5. The fraction of sp³-hybridized carbons (Fsp3) is 0.133. The van der Waals surface area contributed by atoms with E-state index < -0.39 is 5.24 Å². The maximum absolute atomic E-state index is 11.6. The van der Waals surface area contributed by atoms with Gasteiger partial charge < -0.3 is 9.47 Å². The van der Waals surface area contributed by atoms with E-state index in [-0.39, 0.29) is 0 Å². The highest BCUT2D eigenvalue weighted by atomic mass is 35.5. The van der Waals surface area contributed by atoms with Gasteiger partial charge in [-0.2, -0.15) is 0 Å². The maximum atomic E-state index is 11.6. The molecule has 0 radical (unpaired) electrons. The molecule has 0 amide bonds. The van der Waals surface area contributed by atoms with Crippen LogP contribution in [0.2, 0.25) is 0 Å². The molecule has 104 valence electrons. The molecule has 0 N–H and O–H groups in total. The lowest BCUT2D eigenvalue weighted by Crippen LogP contribution is -1.97. The average molecular weight is 309 g/mol. The van der Waals surface area contributed by atoms with Crippen LogP contribution in [0.25, 0.3) is 0 Å². The first-order valence-corrected chi connectivity index (χ1v) is 7.04. The number of ether oxygens (including phenoxy) is 2. The Labute approximate surface area is 126 Å². The van der Waals surface area contributed by atoms with Crippen LogP contribution >= 0.6 is 23.4 Å². The van der Waals surface area contributed by atoms with Crippen LogP contribution in [0, 0.1) is 0 Å². The van der Waals surface area contributed by atoms with Crippen LogP contribution in [0.1, 0.15) is 10.4 Å². The van der Waals surface area contributed by atoms with E-state index in [4.69, 9.17) is 21.1 Å². The van der Waals surface area contributed by atoms with E-state index in [0.29, 0.717) is 17.1 Å². The van der Waals surface area contributed by atoms with Crippen molar-refractivity contribution in [3.8, 4) is 11.5 Å². The summed E-state index contributed by atoms with van der Waals surface area (Å²) in [6.45, 7) is 0. The van der Waals surface area contributed by atoms with E-state index in [1.165, 1.54) is 18.9 Å². The van der Waals surface area contributed by atoms with Gasteiger partial charge in [0.2, 0.25) is 0 Å². The average Bonchev–Trinajstić information content (AvgIpc) is 2.47. The van der Waals surface area contributed by atoms with Crippen LogP contribution in [-0.4, -0.2) is 19.5 Å². The van der Waals surface area contributed by atoms with Crippen molar-refractivity contribution in [3.63, 3.8) is 0 Å². The SMILES string of the molecule is COc1cc(Sc2ccccc2)c(C(=O)Cl)cc1OC. The molecule has 0 heterocycles. The molecule has 0 atom stereocenters. The van der Waals surface area contributed by atoms with Gasteiger partial charge in [0.1, 0.15) is 0 Å². The van der Waals surface area contributed by atoms with E-state index in [9.17, 15) is 4.79 Å². The van der Waals surface area contributed by atoms with Gasteiger partial charge >= 0.3 is 0 Å². The Morgan fingerprint density at radius 3 is 2.20 bits per heavy atom. The Kier molecular flexibility index (Phi) is 4.93. The summed E-state index contributed by atoms with van der Waals surface area (Å²) in [4.78, 5) is 13.3. The lowest BCUT2D eigenvalue weighted by atomic mass is 10.2. The minimum atomic E-state index is -0.524. The highest BCUT2D eigenvalue weighted by Crippen LogP contribution is 2.38. The van der Waals surface area contributed by atoms with E-state index >= 15 is 0 Å². The van der Waals surface area contributed by atoms with Gasteiger partial charge in [-0.3, -0.25) is 4.79 Å². The summed E-state index contributed by atoms with van der Waals surface area (Å²) >= 11 is 7.10. The second-order valence-corrected chi connectivity index (χ2v) is 5.35. The van der Waals surface area contributed by atoms with Crippen molar-refractivity contribution in [2.24, 2.45) is 0 Å². The Morgan fingerprint density at radius 2 is 1.65 bits per heavy atom. The zero-order valence-corrected chi connectivity index (χ0v) is 12.6. The first-order valence-electron chi connectivity index (χ1n) is 5.84. The summed E-state index contributed by atoms with van der Waals surface area (Å²) in [7, 11) is 3.07. The summed E-state index contributed by atoms with van der Waals surface area (Å²) < 4.78 is 10.4. The highest BCUT2D eigenvalue weighted by Gasteiger charge is 2.16. The molecule has 0 saturated carbocycles. The van der Waals surface area contributed by atoms with Gasteiger partial charge in [-0.05, 0) is 35.9 Å². The molecule has 0 spiro atoms. The van der Waals surface area contributed by atoms with E-state index in [1.807, 2.05) is 30.3 Å². The number of rotatable bonds is 5. The summed E-state index contributed by atoms with van der Waals surface area (Å²) in [5, 5.41) is -0.524. The Hall–Kier alpha value is -1.65. The van der Waals surface area contributed by atoms with Gasteiger partial charge in [-0.25, -0.2) is 0 Å². The quantitative estimate of drug-likeness (QED) is 0.774. The number of carbonyl (C=O) groups is 1. The fourth-order valence-electron chi connectivity index (χ4n) is 1.71. The van der Waals surface area contributed by atoms with Crippen molar-refractivity contribution < 1.29 is 14.3 Å². The third-order valence-electron chi connectivity index (χ3n) is 2.67. The summed E-state index contributed by atoms with van der Waals surface area (Å²) in [5.74, 6) is 1.04. The molecule has 0 bridgehead atoms. The van der Waals surface area contributed by atoms with Gasteiger partial charge in [0.15, 0.2) is 11.5 Å². The van der Waals surface area contributed by atoms with Crippen molar-refractivity contribution >= 4 is 28.6 Å². The smallest absolute Gasteiger partial charge is 0.253 e. The molecular weight excluding hydrogens is 296 g/mol. The minimum absolute atomic E-state index is 0.401. The van der Waals surface area contributed by atoms with E-state index in [1.54, 1.807) is 19.2 Å². The van der Waals surface area contributed by atoms with Crippen molar-refractivity contribution in [3.05, 3.63) is 48.0 Å². The standard InChI is InChI=1S/C15H13ClO3S/c1-18-12-8-11(15(16)17)14(9-13(12)19-2)20-10-6-4-3-5-7-10/h3-9H,1-2H3. The topological polar surface area (TPSA) is 35.5 Å². The fourth-order valence-corrected chi connectivity index (χ4v) is 2.90. The van der Waals surface area contributed by atoms with E-state index in [0.717, 1.165) is 9.79 Å². The molecule has 0 fully saturated rings. The largest absolute Gasteiger partial charge is 0.493 e. The molecule has 2 aromatic rings. The molecule has 0 aliphatic rings. The van der Waals surface area contributed by atoms with Gasteiger partial charge in [0.05, 0.1) is 19.8 Å². The summed E-state index contributed by atoms with van der Waals surface area (Å²) in [6.07, 6.45) is 0. The third kappa shape index (κ3) is 3.26. The zero-order valence-electron chi connectivity index (χ0n) is 11.1. The molecular formula is C15H13ClO3S. The van der Waals surface area contributed by atoms with Gasteiger partial charge in [0.25, 0.3) is 5.24 Å². The predicted octanol–water partition coefficient (Wildman–Crippen LogP) is 4.23. The maximum Gasteiger partial charge on any atom is 0.253 e. The third-order valence-corrected chi connectivity index (χ3v) is 3.94. The van der Waals surface area contributed by atoms with Crippen LogP contribution in [0.15, 0.2) is 52.3 Å². The van der Waals surface area contributed by atoms with Crippen LogP contribution < -0.4 is 9.47 Å². The van der Waals surface area contributed by atoms with Crippen LogP contribution in [0.3, 0.4) is 0 Å². The molecule has 2 rings (SSSR count). The highest BCUT2D eigenvalue weighted by molar-refractivity contribution is 7.99. The van der Waals surface area contributed by atoms with E-state index in [2.05, 4.69) is 0 Å². The summed E-state index contributed by atoms with van der Waals surface area (Å²) in [5.41, 5.74) is 0.401. The molecule has 0 aliphatic heterocycles.